The summed E-state index contributed by atoms with van der Waals surface area (Å²) in [7, 11) is 1.60. The molecule has 2 heterocycles. The molecule has 0 bridgehead atoms. The van der Waals surface area contributed by atoms with E-state index in [2.05, 4.69) is 5.10 Å². The van der Waals surface area contributed by atoms with Crippen molar-refractivity contribution in [2.45, 2.75) is 25.3 Å². The van der Waals surface area contributed by atoms with Gasteiger partial charge in [0.25, 0.3) is 0 Å². The number of thiophene rings is 1. The van der Waals surface area contributed by atoms with Crippen molar-refractivity contribution in [2.75, 3.05) is 7.11 Å². The molecule has 1 N–H and O–H groups in total. The number of methoxy groups -OCH3 is 1. The number of carboxylic acid groups (broad SMARTS) is 1. The van der Waals surface area contributed by atoms with Crippen LogP contribution in [0.2, 0.25) is 0 Å². The number of aliphatic carboxylic acids is 1. The summed E-state index contributed by atoms with van der Waals surface area (Å²) in [6.45, 7) is 0. The molecule has 7 heteroatoms. The van der Waals surface area contributed by atoms with Crippen LogP contribution in [0.4, 0.5) is 0 Å². The van der Waals surface area contributed by atoms with E-state index in [0.29, 0.717) is 6.42 Å². The van der Waals surface area contributed by atoms with Gasteiger partial charge >= 0.3 is 5.97 Å². The Balaban J connectivity index is 1.88. The van der Waals surface area contributed by atoms with Crippen molar-refractivity contribution in [1.29, 1.82) is 0 Å². The van der Waals surface area contributed by atoms with Gasteiger partial charge in [-0.1, -0.05) is 18.2 Å². The van der Waals surface area contributed by atoms with Gasteiger partial charge in [-0.25, -0.2) is 5.01 Å². The minimum atomic E-state index is -0.989. The third-order valence-electron chi connectivity index (χ3n) is 3.99. The van der Waals surface area contributed by atoms with Crippen molar-refractivity contribution in [3.63, 3.8) is 0 Å². The van der Waals surface area contributed by atoms with Gasteiger partial charge in [0.05, 0.1) is 25.3 Å². The highest BCUT2D eigenvalue weighted by molar-refractivity contribution is 7.10. The molecule has 130 valence electrons. The zero-order valence-electron chi connectivity index (χ0n) is 13.7. The first-order valence-corrected chi connectivity index (χ1v) is 8.75. The maximum absolute atomic E-state index is 12.5. The number of rotatable bonds is 6. The maximum Gasteiger partial charge on any atom is 0.303 e. The third kappa shape index (κ3) is 3.88. The van der Waals surface area contributed by atoms with E-state index in [1.165, 1.54) is 5.01 Å². The summed E-state index contributed by atoms with van der Waals surface area (Å²) in [5, 5.41) is 16.7. The molecule has 0 aliphatic carbocycles. The van der Waals surface area contributed by atoms with E-state index in [1.807, 2.05) is 41.8 Å². The van der Waals surface area contributed by atoms with Crippen LogP contribution >= 0.6 is 11.3 Å². The Hall–Kier alpha value is -2.67. The molecule has 3 rings (SSSR count). The first kappa shape index (κ1) is 17.2. The lowest BCUT2D eigenvalue weighted by atomic mass is 10.0. The van der Waals surface area contributed by atoms with E-state index in [0.717, 1.165) is 21.9 Å². The van der Waals surface area contributed by atoms with Gasteiger partial charge in [0.15, 0.2) is 0 Å². The van der Waals surface area contributed by atoms with Gasteiger partial charge in [-0.3, -0.25) is 9.59 Å². The van der Waals surface area contributed by atoms with Crippen LogP contribution < -0.4 is 4.74 Å². The van der Waals surface area contributed by atoms with Gasteiger partial charge in [-0.15, -0.1) is 11.3 Å². The average Bonchev–Trinajstić information content (AvgIpc) is 3.28. The molecule has 1 amide bonds. The Bertz CT molecular complexity index is 801. The minimum Gasteiger partial charge on any atom is -0.497 e. The van der Waals surface area contributed by atoms with E-state index < -0.39 is 5.97 Å². The molecule has 1 aliphatic rings. The Morgan fingerprint density at radius 1 is 1.32 bits per heavy atom. The quantitative estimate of drug-likeness (QED) is 0.859. The molecular formula is C18H18N2O4S. The summed E-state index contributed by atoms with van der Waals surface area (Å²) >= 11 is 1.56. The Morgan fingerprint density at radius 3 is 2.84 bits per heavy atom. The van der Waals surface area contributed by atoms with Gasteiger partial charge in [0.1, 0.15) is 5.75 Å². The van der Waals surface area contributed by atoms with Crippen LogP contribution in [-0.2, 0) is 9.59 Å². The molecule has 0 fully saturated rings. The normalized spacial score (nSPS) is 16.6. The van der Waals surface area contributed by atoms with Crippen LogP contribution in [0.25, 0.3) is 0 Å². The zero-order valence-corrected chi connectivity index (χ0v) is 14.5. The van der Waals surface area contributed by atoms with Gasteiger partial charge < -0.3 is 9.84 Å². The maximum atomic E-state index is 12.5. The average molecular weight is 358 g/mol. The molecule has 6 nitrogen and oxygen atoms in total. The molecule has 0 spiro atoms. The van der Waals surface area contributed by atoms with Crippen molar-refractivity contribution < 1.29 is 19.4 Å². The van der Waals surface area contributed by atoms with E-state index in [1.54, 1.807) is 18.4 Å². The summed E-state index contributed by atoms with van der Waals surface area (Å²) in [6.07, 6.45) is 0.328. The standard InChI is InChI=1S/C18H18N2O4S/c1-24-13-5-2-4-12(10-13)14-11-15(16-6-3-9-25-16)20(19-14)17(21)7-8-18(22)23/h2-6,9-10,15H,7-8,11H2,1H3,(H,22,23)/t15-/m0/s1. The second-order valence-corrected chi connectivity index (χ2v) is 6.63. The smallest absolute Gasteiger partial charge is 0.303 e. The highest BCUT2D eigenvalue weighted by atomic mass is 32.1. The van der Waals surface area contributed by atoms with Crippen molar-refractivity contribution in [3.05, 3.63) is 52.2 Å². The topological polar surface area (TPSA) is 79.2 Å². The molecule has 1 aromatic carbocycles. The van der Waals surface area contributed by atoms with Crippen molar-refractivity contribution in [3.8, 4) is 5.75 Å². The highest BCUT2D eigenvalue weighted by Gasteiger charge is 2.33. The monoisotopic (exact) mass is 358 g/mol. The number of hydrazone groups is 1. The van der Waals surface area contributed by atoms with Gasteiger partial charge in [0.2, 0.25) is 5.91 Å². The predicted octanol–water partition coefficient (Wildman–Crippen LogP) is 3.30. The Labute approximate surface area is 149 Å². The van der Waals surface area contributed by atoms with E-state index in [-0.39, 0.29) is 24.8 Å². The second kappa shape index (κ2) is 7.48. The first-order chi connectivity index (χ1) is 12.1. The van der Waals surface area contributed by atoms with Crippen LogP contribution in [-0.4, -0.2) is 34.8 Å². The molecule has 0 unspecified atom stereocenters. The number of hydrogen-bond donors (Lipinski definition) is 1. The Morgan fingerprint density at radius 2 is 2.16 bits per heavy atom. The first-order valence-electron chi connectivity index (χ1n) is 7.87. The number of nitrogens with zero attached hydrogens (tertiary/aromatic N) is 2. The van der Waals surface area contributed by atoms with Crippen molar-refractivity contribution in [1.82, 2.24) is 5.01 Å². The summed E-state index contributed by atoms with van der Waals surface area (Å²) < 4.78 is 5.25. The van der Waals surface area contributed by atoms with Crippen LogP contribution in [0.1, 0.15) is 35.7 Å². The molecule has 0 saturated heterocycles. The molecule has 0 radical (unpaired) electrons. The fourth-order valence-corrected chi connectivity index (χ4v) is 3.56. The van der Waals surface area contributed by atoms with E-state index >= 15 is 0 Å². The number of benzene rings is 1. The van der Waals surface area contributed by atoms with E-state index in [4.69, 9.17) is 9.84 Å². The molecular weight excluding hydrogens is 340 g/mol. The van der Waals surface area contributed by atoms with Crippen LogP contribution in [0.5, 0.6) is 5.75 Å². The van der Waals surface area contributed by atoms with Crippen molar-refractivity contribution >= 4 is 28.9 Å². The minimum absolute atomic E-state index is 0.0634. The van der Waals surface area contributed by atoms with Gasteiger partial charge in [-0.2, -0.15) is 5.10 Å². The third-order valence-corrected chi connectivity index (χ3v) is 4.97. The largest absolute Gasteiger partial charge is 0.497 e. The van der Waals surface area contributed by atoms with Gasteiger partial charge in [-0.05, 0) is 23.6 Å². The van der Waals surface area contributed by atoms with Crippen molar-refractivity contribution in [2.24, 2.45) is 5.10 Å². The highest BCUT2D eigenvalue weighted by Crippen LogP contribution is 2.36. The molecule has 2 aromatic rings. The lowest BCUT2D eigenvalue weighted by Crippen LogP contribution is -2.26. The van der Waals surface area contributed by atoms with Gasteiger partial charge in [0, 0.05) is 23.3 Å². The van der Waals surface area contributed by atoms with Crippen LogP contribution in [0, 0.1) is 0 Å². The summed E-state index contributed by atoms with van der Waals surface area (Å²) in [6, 6.07) is 11.3. The number of carbonyl (C=O) groups excluding carboxylic acids is 1. The zero-order chi connectivity index (χ0) is 17.8. The number of amides is 1. The number of hydrogen-bond acceptors (Lipinski definition) is 5. The molecule has 1 aliphatic heterocycles. The SMILES string of the molecule is COc1cccc(C2=NN(C(=O)CCC(=O)O)[C@H](c3cccs3)C2)c1. The predicted molar refractivity (Wildman–Crippen MR) is 94.9 cm³/mol. The van der Waals surface area contributed by atoms with E-state index in [9.17, 15) is 9.59 Å². The summed E-state index contributed by atoms with van der Waals surface area (Å²) in [4.78, 5) is 24.3. The van der Waals surface area contributed by atoms with Crippen LogP contribution in [0.3, 0.4) is 0 Å². The lowest BCUT2D eigenvalue weighted by Gasteiger charge is -2.20. The number of carboxylic acids is 1. The fourth-order valence-electron chi connectivity index (χ4n) is 2.75. The fraction of sp³-hybridized carbons (Fsp3) is 0.278. The molecule has 25 heavy (non-hydrogen) atoms. The second-order valence-electron chi connectivity index (χ2n) is 5.65. The summed E-state index contributed by atoms with van der Waals surface area (Å²) in [5.41, 5.74) is 1.69. The number of ether oxygens (including phenoxy) is 1. The summed E-state index contributed by atoms with van der Waals surface area (Å²) in [5.74, 6) is -0.542. The van der Waals surface area contributed by atoms with Crippen LogP contribution in [0.15, 0.2) is 46.9 Å². The molecule has 1 aromatic heterocycles. The molecule has 1 atom stereocenters. The lowest BCUT2D eigenvalue weighted by molar-refractivity contribution is -0.141. The number of carbonyl (C=O) groups is 2. The molecule has 0 saturated carbocycles. The Kier molecular flexibility index (Phi) is 5.14.